The average molecular weight is 773 g/mol. The fraction of sp³-hybridized carbons (Fsp3) is 0.0545. The summed E-state index contributed by atoms with van der Waals surface area (Å²) < 4.78 is 19.7. The van der Waals surface area contributed by atoms with Gasteiger partial charge >= 0.3 is 0 Å². The summed E-state index contributed by atoms with van der Waals surface area (Å²) in [5.41, 5.74) is 15.3. The molecule has 1 aliphatic carbocycles. The van der Waals surface area contributed by atoms with E-state index in [4.69, 9.17) is 23.9 Å². The highest BCUT2D eigenvalue weighted by atomic mass is 16.6. The van der Waals surface area contributed by atoms with Crippen LogP contribution in [0.15, 0.2) is 186 Å². The number of aromatic nitrogens is 2. The van der Waals surface area contributed by atoms with E-state index in [1.54, 1.807) is 0 Å². The lowest BCUT2D eigenvalue weighted by Gasteiger charge is -2.25. The van der Waals surface area contributed by atoms with Crippen molar-refractivity contribution in [3.8, 4) is 90.3 Å². The number of rotatable bonds is 5. The van der Waals surface area contributed by atoms with E-state index in [-0.39, 0.29) is 5.41 Å². The highest BCUT2D eigenvalue weighted by molar-refractivity contribution is 6.09. The lowest BCUT2D eigenvalue weighted by Crippen LogP contribution is -2.15. The van der Waals surface area contributed by atoms with Crippen molar-refractivity contribution in [2.75, 3.05) is 0 Å². The summed E-state index contributed by atoms with van der Waals surface area (Å²) in [5.74, 6) is 3.54. The van der Waals surface area contributed by atoms with E-state index in [1.807, 2.05) is 48.5 Å². The highest BCUT2D eigenvalue weighted by Crippen LogP contribution is 2.58. The second-order valence-electron chi connectivity index (χ2n) is 16.1. The van der Waals surface area contributed by atoms with Crippen LogP contribution in [-0.2, 0) is 5.41 Å². The van der Waals surface area contributed by atoms with Gasteiger partial charge in [0.2, 0.25) is 0 Å². The van der Waals surface area contributed by atoms with Gasteiger partial charge in [-0.25, -0.2) is 9.97 Å². The van der Waals surface area contributed by atoms with Gasteiger partial charge in [0, 0.05) is 44.0 Å². The summed E-state index contributed by atoms with van der Waals surface area (Å²) in [6.45, 7) is 4.55. The summed E-state index contributed by atoms with van der Waals surface area (Å²) in [6, 6.07) is 62.8. The van der Waals surface area contributed by atoms with E-state index in [0.717, 1.165) is 89.3 Å². The van der Waals surface area contributed by atoms with Crippen molar-refractivity contribution >= 4 is 21.9 Å². The molecule has 10 aromatic rings. The molecule has 0 bridgehead atoms. The molecular formula is C55H36N2O3. The minimum Gasteiger partial charge on any atom is -0.455 e. The summed E-state index contributed by atoms with van der Waals surface area (Å²) in [7, 11) is 0. The van der Waals surface area contributed by atoms with Crippen LogP contribution in [0.25, 0.3) is 89.2 Å². The van der Waals surface area contributed by atoms with Crippen molar-refractivity contribution in [1.82, 2.24) is 9.97 Å². The van der Waals surface area contributed by atoms with Crippen molar-refractivity contribution in [2.24, 2.45) is 0 Å². The quantitative estimate of drug-likeness (QED) is 0.174. The zero-order valence-corrected chi connectivity index (χ0v) is 32.9. The maximum atomic E-state index is 6.80. The van der Waals surface area contributed by atoms with Crippen LogP contribution in [0.3, 0.4) is 0 Å². The first kappa shape index (κ1) is 34.3. The molecule has 0 fully saturated rings. The largest absolute Gasteiger partial charge is 0.455 e. The molecule has 0 N–H and O–H groups in total. The molecular weight excluding hydrogens is 737 g/mol. The number of benzene rings is 8. The first-order valence-corrected chi connectivity index (χ1v) is 20.3. The van der Waals surface area contributed by atoms with Crippen molar-refractivity contribution in [2.45, 2.75) is 19.3 Å². The fourth-order valence-corrected chi connectivity index (χ4v) is 9.12. The molecule has 0 saturated heterocycles. The zero-order valence-electron chi connectivity index (χ0n) is 32.9. The molecule has 284 valence electrons. The summed E-state index contributed by atoms with van der Waals surface area (Å²) in [5, 5.41) is 2.23. The van der Waals surface area contributed by atoms with E-state index in [9.17, 15) is 0 Å². The standard InChI is InChI=1S/C55H36N2O3/c1-55(2)43-20-8-6-17-42(43)51-44(55)27-29-49-53(51)60-50-31-37(26-28-48(50)58-49)36-14-10-15-38(30-36)46-32-45(34-12-4-3-5-13-34)56-54(57-46)35-24-22-33(23-25-35)39-18-11-19-41-40-16-7-9-21-47(40)59-52(39)41/h3-32H,1-2H3. The predicted octanol–water partition coefficient (Wildman–Crippen LogP) is 14.9. The molecule has 8 aromatic carbocycles. The fourth-order valence-electron chi connectivity index (χ4n) is 9.12. The number of hydrogen-bond donors (Lipinski definition) is 0. The van der Waals surface area contributed by atoms with Gasteiger partial charge in [0.25, 0.3) is 0 Å². The third-order valence-electron chi connectivity index (χ3n) is 12.2. The van der Waals surface area contributed by atoms with Crippen molar-refractivity contribution in [3.05, 3.63) is 193 Å². The SMILES string of the molecule is CC1(C)c2ccccc2-c2c1ccc1c2Oc2cc(-c3cccc(-c4cc(-c5ccccc5)nc(-c5ccc(-c6cccc7c6oc6ccccc67)cc5)n4)c3)ccc2O1. The summed E-state index contributed by atoms with van der Waals surface area (Å²) in [4.78, 5) is 10.3. The molecule has 0 saturated carbocycles. The van der Waals surface area contributed by atoms with E-state index in [0.29, 0.717) is 17.3 Å². The Hall–Kier alpha value is -7.76. The predicted molar refractivity (Wildman–Crippen MR) is 241 cm³/mol. The second kappa shape index (κ2) is 13.1. The van der Waals surface area contributed by atoms with Crippen LogP contribution in [0.2, 0.25) is 0 Å². The molecule has 0 atom stereocenters. The molecule has 5 nitrogen and oxygen atoms in total. The maximum absolute atomic E-state index is 6.80. The monoisotopic (exact) mass is 772 g/mol. The molecule has 60 heavy (non-hydrogen) atoms. The van der Waals surface area contributed by atoms with Gasteiger partial charge < -0.3 is 13.9 Å². The van der Waals surface area contributed by atoms with Crippen molar-refractivity contribution < 1.29 is 13.9 Å². The first-order valence-electron chi connectivity index (χ1n) is 20.3. The number of furan rings is 1. The molecule has 0 spiro atoms. The van der Waals surface area contributed by atoms with E-state index in [1.165, 1.54) is 16.7 Å². The van der Waals surface area contributed by atoms with Crippen LogP contribution in [0.1, 0.15) is 25.0 Å². The summed E-state index contributed by atoms with van der Waals surface area (Å²) >= 11 is 0. The van der Waals surface area contributed by atoms with Crippen molar-refractivity contribution in [1.29, 1.82) is 0 Å². The summed E-state index contributed by atoms with van der Waals surface area (Å²) in [6.07, 6.45) is 0. The Morgan fingerprint density at radius 3 is 1.95 bits per heavy atom. The van der Waals surface area contributed by atoms with Crippen LogP contribution in [-0.4, -0.2) is 9.97 Å². The van der Waals surface area contributed by atoms with Crippen LogP contribution in [0.5, 0.6) is 23.0 Å². The Balaban J connectivity index is 0.905. The van der Waals surface area contributed by atoms with Crippen LogP contribution < -0.4 is 9.47 Å². The van der Waals surface area contributed by atoms with Crippen LogP contribution >= 0.6 is 0 Å². The van der Waals surface area contributed by atoms with Crippen LogP contribution in [0.4, 0.5) is 0 Å². The van der Waals surface area contributed by atoms with E-state index in [2.05, 4.69) is 147 Å². The first-order chi connectivity index (χ1) is 29.5. The highest BCUT2D eigenvalue weighted by Gasteiger charge is 2.39. The average Bonchev–Trinajstić information content (AvgIpc) is 3.80. The minimum atomic E-state index is -0.136. The van der Waals surface area contributed by atoms with Crippen molar-refractivity contribution in [3.63, 3.8) is 0 Å². The zero-order chi connectivity index (χ0) is 40.0. The lowest BCUT2D eigenvalue weighted by molar-refractivity contribution is 0.360. The number of nitrogens with zero attached hydrogens (tertiary/aromatic N) is 2. The molecule has 2 aromatic heterocycles. The Labute approximate surface area is 347 Å². The molecule has 1 aliphatic heterocycles. The van der Waals surface area contributed by atoms with Gasteiger partial charge in [0.05, 0.1) is 11.4 Å². The van der Waals surface area contributed by atoms with E-state index >= 15 is 0 Å². The maximum Gasteiger partial charge on any atom is 0.178 e. The molecule has 0 unspecified atom stereocenters. The van der Waals surface area contributed by atoms with Gasteiger partial charge in [0.15, 0.2) is 28.8 Å². The second-order valence-corrected chi connectivity index (χ2v) is 16.1. The Kier molecular flexibility index (Phi) is 7.51. The van der Waals surface area contributed by atoms with Gasteiger partial charge in [-0.15, -0.1) is 0 Å². The Morgan fingerprint density at radius 2 is 1.07 bits per heavy atom. The Morgan fingerprint density at radius 1 is 0.417 bits per heavy atom. The molecule has 0 radical (unpaired) electrons. The smallest absolute Gasteiger partial charge is 0.178 e. The van der Waals surface area contributed by atoms with Gasteiger partial charge in [-0.2, -0.15) is 0 Å². The van der Waals surface area contributed by atoms with Gasteiger partial charge in [-0.05, 0) is 69.8 Å². The lowest BCUT2D eigenvalue weighted by atomic mass is 9.82. The third kappa shape index (κ3) is 5.40. The normalized spacial score (nSPS) is 13.2. The number of para-hydroxylation sites is 2. The van der Waals surface area contributed by atoms with Gasteiger partial charge in [-0.1, -0.05) is 159 Å². The number of fused-ring (bicyclic) bond motifs is 9. The van der Waals surface area contributed by atoms with Gasteiger partial charge in [-0.3, -0.25) is 0 Å². The molecule has 3 heterocycles. The Bertz CT molecular complexity index is 3350. The minimum absolute atomic E-state index is 0.136. The molecule has 2 aliphatic rings. The molecule has 0 amide bonds. The molecule has 5 heteroatoms. The number of ether oxygens (including phenoxy) is 2. The van der Waals surface area contributed by atoms with Crippen LogP contribution in [0, 0.1) is 0 Å². The molecule has 12 rings (SSSR count). The topological polar surface area (TPSA) is 57.4 Å². The van der Waals surface area contributed by atoms with E-state index < -0.39 is 0 Å². The van der Waals surface area contributed by atoms with Gasteiger partial charge in [0.1, 0.15) is 11.2 Å². The number of hydrogen-bond acceptors (Lipinski definition) is 5. The third-order valence-corrected chi connectivity index (χ3v) is 12.2.